The molecule has 1 fully saturated rings. The molecule has 0 aromatic carbocycles. The Morgan fingerprint density at radius 2 is 2.16 bits per heavy atom. The molecule has 0 bridgehead atoms. The van der Waals surface area contributed by atoms with Crippen LogP contribution in [0.5, 0.6) is 5.88 Å². The molecule has 0 radical (unpaired) electrons. The van der Waals surface area contributed by atoms with Crippen molar-refractivity contribution in [2.75, 3.05) is 32.8 Å². The van der Waals surface area contributed by atoms with Crippen LogP contribution in [-0.4, -0.2) is 58.2 Å². The minimum atomic E-state index is -4.51. The molecule has 1 aliphatic rings. The number of likely N-dealkylation sites (tertiary alicyclic amines) is 1. The first-order valence-electron chi connectivity index (χ1n) is 10.1. The summed E-state index contributed by atoms with van der Waals surface area (Å²) in [5.41, 5.74) is -0.880. The van der Waals surface area contributed by atoms with Crippen molar-refractivity contribution in [2.24, 2.45) is 10.9 Å². The van der Waals surface area contributed by atoms with Gasteiger partial charge in [0.05, 0.1) is 18.9 Å². The van der Waals surface area contributed by atoms with Crippen molar-refractivity contribution in [3.8, 4) is 5.88 Å². The average molecular weight is 552 g/mol. The Morgan fingerprint density at radius 1 is 1.35 bits per heavy atom. The fourth-order valence-corrected chi connectivity index (χ4v) is 3.54. The first-order valence-corrected chi connectivity index (χ1v) is 10.1. The van der Waals surface area contributed by atoms with Crippen LogP contribution in [0.15, 0.2) is 42.0 Å². The van der Waals surface area contributed by atoms with Crippen LogP contribution in [0.4, 0.5) is 13.2 Å². The third-order valence-electron chi connectivity index (χ3n) is 5.13. The second kappa shape index (κ2) is 11.5. The molecule has 1 saturated heterocycles. The molecule has 2 aromatic heterocycles. The summed E-state index contributed by atoms with van der Waals surface area (Å²) < 4.78 is 46.5. The zero-order valence-corrected chi connectivity index (χ0v) is 19.9. The van der Waals surface area contributed by atoms with Gasteiger partial charge in [0.25, 0.3) is 0 Å². The van der Waals surface area contributed by atoms with Crippen molar-refractivity contribution in [1.82, 2.24) is 24.8 Å². The second-order valence-corrected chi connectivity index (χ2v) is 7.23. The predicted octanol–water partition coefficient (Wildman–Crippen LogP) is 3.84. The highest BCUT2D eigenvalue weighted by Gasteiger charge is 2.35. The fraction of sp³-hybridized carbons (Fsp3) is 0.550. The van der Waals surface area contributed by atoms with E-state index in [-0.39, 0.29) is 43.2 Å². The largest absolute Gasteiger partial charge is 0.475 e. The highest BCUT2D eigenvalue weighted by molar-refractivity contribution is 14.0. The van der Waals surface area contributed by atoms with Gasteiger partial charge in [0.15, 0.2) is 5.96 Å². The Balaban J connectivity index is 0.00000341. The molecule has 3 heterocycles. The molecule has 3 rings (SSSR count). The van der Waals surface area contributed by atoms with E-state index >= 15 is 0 Å². The predicted molar refractivity (Wildman–Crippen MR) is 123 cm³/mol. The lowest BCUT2D eigenvalue weighted by Gasteiger charge is -2.39. The number of alkyl halides is 3. The normalized spacial score (nSPS) is 19.6. The number of rotatable bonds is 6. The monoisotopic (exact) mass is 552 g/mol. The van der Waals surface area contributed by atoms with Crippen LogP contribution in [0.1, 0.15) is 31.9 Å². The van der Waals surface area contributed by atoms with E-state index in [1.165, 1.54) is 12.3 Å². The molecule has 2 atom stereocenters. The number of nitrogens with zero attached hydrogens (tertiary/aromatic N) is 5. The number of aliphatic imine (C=N–C) groups is 1. The van der Waals surface area contributed by atoms with Gasteiger partial charge in [0.1, 0.15) is 12.2 Å². The standard InChI is InChI=1S/C20H27F3N6O.HI/c1-3-25-19(28-10-6-15(2)17(13-28)29-11-8-24-14-29)27-9-12-30-18-16(20(21,22)23)5-4-7-26-18;/h4-5,7-8,11,14-15,17H,3,6,9-10,12-13H2,1-2H3,(H,25,27);1H. The van der Waals surface area contributed by atoms with E-state index in [0.717, 1.165) is 31.5 Å². The van der Waals surface area contributed by atoms with Crippen molar-refractivity contribution in [1.29, 1.82) is 0 Å². The van der Waals surface area contributed by atoms with Crippen LogP contribution in [-0.2, 0) is 6.18 Å². The number of hydrogen-bond donors (Lipinski definition) is 1. The van der Waals surface area contributed by atoms with Gasteiger partial charge in [-0.2, -0.15) is 13.2 Å². The van der Waals surface area contributed by atoms with Crippen LogP contribution >= 0.6 is 24.0 Å². The number of piperidine rings is 1. The number of guanidine groups is 1. The van der Waals surface area contributed by atoms with Crippen molar-refractivity contribution >= 4 is 29.9 Å². The van der Waals surface area contributed by atoms with Gasteiger partial charge < -0.3 is 19.5 Å². The Morgan fingerprint density at radius 3 is 2.84 bits per heavy atom. The molecule has 1 aliphatic heterocycles. The highest BCUT2D eigenvalue weighted by Crippen LogP contribution is 2.34. The maximum atomic E-state index is 13.0. The van der Waals surface area contributed by atoms with E-state index in [4.69, 9.17) is 4.74 Å². The van der Waals surface area contributed by atoms with E-state index in [0.29, 0.717) is 12.5 Å². The van der Waals surface area contributed by atoms with Crippen LogP contribution in [0.3, 0.4) is 0 Å². The third kappa shape index (κ3) is 6.71. The molecular formula is C20H28F3IN6O. The number of aromatic nitrogens is 3. The molecule has 0 aliphatic carbocycles. The van der Waals surface area contributed by atoms with Crippen molar-refractivity contribution < 1.29 is 17.9 Å². The molecule has 0 spiro atoms. The topological polar surface area (TPSA) is 67.6 Å². The number of pyridine rings is 1. The van der Waals surface area contributed by atoms with E-state index < -0.39 is 17.6 Å². The zero-order valence-electron chi connectivity index (χ0n) is 17.5. The smallest absolute Gasteiger partial charge is 0.421 e. The summed E-state index contributed by atoms with van der Waals surface area (Å²) in [6.07, 6.45) is 3.35. The number of ether oxygens (including phenoxy) is 1. The molecule has 11 heteroatoms. The maximum absolute atomic E-state index is 13.0. The zero-order chi connectivity index (χ0) is 21.6. The van der Waals surface area contributed by atoms with Gasteiger partial charge in [-0.05, 0) is 31.4 Å². The van der Waals surface area contributed by atoms with E-state index in [9.17, 15) is 13.2 Å². The van der Waals surface area contributed by atoms with Crippen LogP contribution in [0.25, 0.3) is 0 Å². The molecule has 2 aromatic rings. The number of nitrogens with one attached hydrogen (secondary N) is 1. The van der Waals surface area contributed by atoms with E-state index in [2.05, 4.69) is 36.7 Å². The minimum Gasteiger partial charge on any atom is -0.475 e. The molecular weight excluding hydrogens is 524 g/mol. The van der Waals surface area contributed by atoms with Crippen molar-refractivity contribution in [3.63, 3.8) is 0 Å². The van der Waals surface area contributed by atoms with Gasteiger partial charge in [-0.3, -0.25) is 0 Å². The Labute approximate surface area is 197 Å². The van der Waals surface area contributed by atoms with Gasteiger partial charge in [0, 0.05) is 38.2 Å². The van der Waals surface area contributed by atoms with Gasteiger partial charge in [-0.25, -0.2) is 15.0 Å². The Bertz CT molecular complexity index is 831. The van der Waals surface area contributed by atoms with Gasteiger partial charge in [-0.1, -0.05) is 6.92 Å². The summed E-state index contributed by atoms with van der Waals surface area (Å²) in [5.74, 6) is 0.818. The summed E-state index contributed by atoms with van der Waals surface area (Å²) in [6, 6.07) is 2.48. The number of imidazole rings is 1. The van der Waals surface area contributed by atoms with E-state index in [1.54, 1.807) is 6.20 Å². The lowest BCUT2D eigenvalue weighted by molar-refractivity contribution is -0.139. The summed E-state index contributed by atoms with van der Waals surface area (Å²) in [4.78, 5) is 14.6. The SMILES string of the molecule is CCNC(=NCCOc1ncccc1C(F)(F)F)N1CCC(C)C(n2ccnc2)C1.I. The molecule has 2 unspecified atom stereocenters. The van der Waals surface area contributed by atoms with Gasteiger partial charge in [0.2, 0.25) is 5.88 Å². The van der Waals surface area contributed by atoms with Crippen LogP contribution < -0.4 is 10.1 Å². The molecule has 172 valence electrons. The fourth-order valence-electron chi connectivity index (χ4n) is 3.54. The first kappa shape index (κ1) is 25.2. The summed E-state index contributed by atoms with van der Waals surface area (Å²) >= 11 is 0. The Kier molecular flexibility index (Phi) is 9.38. The number of hydrogen-bond acceptors (Lipinski definition) is 4. The van der Waals surface area contributed by atoms with Gasteiger partial charge in [-0.15, -0.1) is 24.0 Å². The number of halogens is 4. The van der Waals surface area contributed by atoms with E-state index in [1.807, 2.05) is 19.4 Å². The third-order valence-corrected chi connectivity index (χ3v) is 5.13. The first-order chi connectivity index (χ1) is 14.4. The molecule has 7 nitrogen and oxygen atoms in total. The van der Waals surface area contributed by atoms with Gasteiger partial charge >= 0.3 is 6.18 Å². The minimum absolute atomic E-state index is 0. The Hall–Kier alpha value is -2.05. The molecule has 1 N–H and O–H groups in total. The van der Waals surface area contributed by atoms with Crippen molar-refractivity contribution in [2.45, 2.75) is 32.5 Å². The molecule has 0 amide bonds. The van der Waals surface area contributed by atoms with Crippen molar-refractivity contribution in [3.05, 3.63) is 42.6 Å². The quantitative estimate of drug-likeness (QED) is 0.256. The summed E-state index contributed by atoms with van der Waals surface area (Å²) in [5, 5.41) is 3.27. The lowest BCUT2D eigenvalue weighted by atomic mass is 9.93. The highest BCUT2D eigenvalue weighted by atomic mass is 127. The second-order valence-electron chi connectivity index (χ2n) is 7.23. The summed E-state index contributed by atoms with van der Waals surface area (Å²) in [7, 11) is 0. The molecule has 31 heavy (non-hydrogen) atoms. The van der Waals surface area contributed by atoms with Crippen LogP contribution in [0.2, 0.25) is 0 Å². The van der Waals surface area contributed by atoms with Crippen LogP contribution in [0, 0.1) is 5.92 Å². The summed E-state index contributed by atoms with van der Waals surface area (Å²) in [6.45, 7) is 6.77. The molecule has 0 saturated carbocycles. The maximum Gasteiger partial charge on any atom is 0.421 e. The average Bonchev–Trinajstić information content (AvgIpc) is 3.25. The lowest BCUT2D eigenvalue weighted by Crippen LogP contribution is -2.49.